The van der Waals surface area contributed by atoms with Crippen LogP contribution in [0.25, 0.3) is 0 Å². The number of carbonyl (C=O) groups excluding carboxylic acids is 1. The molecule has 0 aromatic carbocycles. The van der Waals surface area contributed by atoms with Gasteiger partial charge in [-0.3, -0.25) is 5.32 Å². The molecule has 6 nitrogen and oxygen atoms in total. The van der Waals surface area contributed by atoms with Crippen LogP contribution in [0.5, 0.6) is 0 Å². The van der Waals surface area contributed by atoms with Crippen LogP contribution in [0.1, 0.15) is 52.5 Å². The van der Waals surface area contributed by atoms with Gasteiger partial charge in [0.15, 0.2) is 0 Å². The Hall–Kier alpha value is -1.21. The number of nitrogens with zero attached hydrogens (tertiary/aromatic N) is 2. The van der Waals surface area contributed by atoms with Crippen molar-refractivity contribution in [1.29, 1.82) is 0 Å². The molecule has 118 valence electrons. The molecule has 2 rings (SSSR count). The standard InChI is InChI=1S/C14H24N4O2S/c1-13(2,3)10-17-18-12(21-10)16-11(19)15-9-6-7-20-14(4,5)8-9/h9H,6-8H2,1-5H3,(H2,15,16,18,19). The van der Waals surface area contributed by atoms with Gasteiger partial charge < -0.3 is 10.1 Å². The third kappa shape index (κ3) is 4.64. The SMILES string of the molecule is CC1(C)CC(NC(=O)Nc2nnc(C(C)(C)C)s2)CCO1. The molecule has 1 fully saturated rings. The summed E-state index contributed by atoms with van der Waals surface area (Å²) in [6, 6.07) is -0.0990. The predicted octanol–water partition coefficient (Wildman–Crippen LogP) is 2.91. The fourth-order valence-electron chi connectivity index (χ4n) is 2.25. The molecule has 1 aromatic heterocycles. The highest BCUT2D eigenvalue weighted by Crippen LogP contribution is 2.28. The Morgan fingerprint density at radius 1 is 1.38 bits per heavy atom. The van der Waals surface area contributed by atoms with Crippen molar-refractivity contribution >= 4 is 22.5 Å². The van der Waals surface area contributed by atoms with Crippen LogP contribution in [0.15, 0.2) is 0 Å². The highest BCUT2D eigenvalue weighted by atomic mass is 32.1. The van der Waals surface area contributed by atoms with Crippen molar-refractivity contribution in [3.63, 3.8) is 0 Å². The molecule has 1 saturated heterocycles. The lowest BCUT2D eigenvalue weighted by Crippen LogP contribution is -2.47. The second-order valence-electron chi connectivity index (χ2n) is 7.06. The van der Waals surface area contributed by atoms with Gasteiger partial charge in [-0.15, -0.1) is 10.2 Å². The Labute approximate surface area is 129 Å². The minimum absolute atomic E-state index is 0.0567. The number of nitrogens with one attached hydrogen (secondary N) is 2. The average Bonchev–Trinajstić information content (AvgIpc) is 2.75. The first-order valence-corrected chi connectivity index (χ1v) is 8.03. The monoisotopic (exact) mass is 312 g/mol. The van der Waals surface area contributed by atoms with Gasteiger partial charge in [0.1, 0.15) is 5.01 Å². The zero-order valence-electron chi connectivity index (χ0n) is 13.3. The number of anilines is 1. The van der Waals surface area contributed by atoms with Crippen molar-refractivity contribution in [2.24, 2.45) is 0 Å². The quantitative estimate of drug-likeness (QED) is 0.880. The summed E-state index contributed by atoms with van der Waals surface area (Å²) in [5.74, 6) is 0. The van der Waals surface area contributed by atoms with Crippen LogP contribution < -0.4 is 10.6 Å². The number of amides is 2. The first-order valence-electron chi connectivity index (χ1n) is 7.21. The van der Waals surface area contributed by atoms with E-state index in [9.17, 15) is 4.79 Å². The lowest BCUT2D eigenvalue weighted by Gasteiger charge is -2.35. The van der Waals surface area contributed by atoms with Gasteiger partial charge in [-0.05, 0) is 26.7 Å². The van der Waals surface area contributed by atoms with Gasteiger partial charge in [-0.25, -0.2) is 4.79 Å². The first-order chi connectivity index (χ1) is 9.66. The van der Waals surface area contributed by atoms with E-state index < -0.39 is 0 Å². The second-order valence-corrected chi connectivity index (χ2v) is 8.04. The first kappa shape index (κ1) is 16.2. The van der Waals surface area contributed by atoms with Crippen molar-refractivity contribution in [1.82, 2.24) is 15.5 Å². The highest BCUT2D eigenvalue weighted by Gasteiger charge is 2.29. The fourth-order valence-corrected chi connectivity index (χ4v) is 3.05. The zero-order chi connectivity index (χ0) is 15.7. The molecule has 1 aliphatic rings. The number of ether oxygens (including phenoxy) is 1. The zero-order valence-corrected chi connectivity index (χ0v) is 14.1. The van der Waals surface area contributed by atoms with E-state index in [1.165, 1.54) is 11.3 Å². The molecule has 0 saturated carbocycles. The molecular weight excluding hydrogens is 288 g/mol. The maximum absolute atomic E-state index is 12.0. The van der Waals surface area contributed by atoms with Crippen molar-refractivity contribution in [3.05, 3.63) is 5.01 Å². The minimum Gasteiger partial charge on any atom is -0.375 e. The topological polar surface area (TPSA) is 76.1 Å². The van der Waals surface area contributed by atoms with E-state index in [0.717, 1.165) is 17.8 Å². The van der Waals surface area contributed by atoms with E-state index in [1.54, 1.807) is 0 Å². The molecule has 21 heavy (non-hydrogen) atoms. The smallest absolute Gasteiger partial charge is 0.321 e. The van der Waals surface area contributed by atoms with Crippen molar-refractivity contribution < 1.29 is 9.53 Å². The summed E-state index contributed by atoms with van der Waals surface area (Å²) in [7, 11) is 0. The number of urea groups is 1. The summed E-state index contributed by atoms with van der Waals surface area (Å²) in [5, 5.41) is 15.3. The van der Waals surface area contributed by atoms with Gasteiger partial charge in [0.25, 0.3) is 0 Å². The van der Waals surface area contributed by atoms with Crippen LogP contribution in [0.4, 0.5) is 9.93 Å². The van der Waals surface area contributed by atoms with Crippen LogP contribution in [0.3, 0.4) is 0 Å². The molecule has 1 unspecified atom stereocenters. The third-order valence-electron chi connectivity index (χ3n) is 3.32. The average molecular weight is 312 g/mol. The second kappa shape index (κ2) is 5.88. The number of hydrogen-bond donors (Lipinski definition) is 2. The molecule has 1 aromatic rings. The minimum atomic E-state index is -0.227. The lowest BCUT2D eigenvalue weighted by molar-refractivity contribution is -0.0609. The molecular formula is C14H24N4O2S. The Bertz CT molecular complexity index is 507. The molecule has 0 spiro atoms. The fraction of sp³-hybridized carbons (Fsp3) is 0.786. The molecule has 0 aliphatic carbocycles. The van der Waals surface area contributed by atoms with Crippen LogP contribution in [0.2, 0.25) is 0 Å². The van der Waals surface area contributed by atoms with Gasteiger partial charge in [0, 0.05) is 18.1 Å². The van der Waals surface area contributed by atoms with Crippen molar-refractivity contribution in [2.75, 3.05) is 11.9 Å². The summed E-state index contributed by atoms with van der Waals surface area (Å²) >= 11 is 1.41. The number of aromatic nitrogens is 2. The van der Waals surface area contributed by atoms with E-state index in [2.05, 4.69) is 41.6 Å². The maximum Gasteiger partial charge on any atom is 0.321 e. The molecule has 0 radical (unpaired) electrons. The van der Waals surface area contributed by atoms with Gasteiger partial charge in [-0.2, -0.15) is 0 Å². The van der Waals surface area contributed by atoms with E-state index in [0.29, 0.717) is 11.7 Å². The van der Waals surface area contributed by atoms with E-state index in [-0.39, 0.29) is 23.1 Å². The summed E-state index contributed by atoms with van der Waals surface area (Å²) in [4.78, 5) is 12.0. The molecule has 7 heteroatoms. The van der Waals surface area contributed by atoms with E-state index in [4.69, 9.17) is 4.74 Å². The number of hydrogen-bond acceptors (Lipinski definition) is 5. The molecule has 2 amide bonds. The van der Waals surface area contributed by atoms with E-state index >= 15 is 0 Å². The Kier molecular flexibility index (Phi) is 4.53. The summed E-state index contributed by atoms with van der Waals surface area (Å²) in [6.45, 7) is 11.0. The van der Waals surface area contributed by atoms with Gasteiger partial charge in [0.05, 0.1) is 5.60 Å². The largest absolute Gasteiger partial charge is 0.375 e. The Balaban J connectivity index is 1.89. The van der Waals surface area contributed by atoms with Crippen LogP contribution in [-0.4, -0.2) is 34.5 Å². The maximum atomic E-state index is 12.0. The molecule has 1 atom stereocenters. The summed E-state index contributed by atoms with van der Waals surface area (Å²) in [5.41, 5.74) is -0.239. The molecule has 2 N–H and O–H groups in total. The van der Waals surface area contributed by atoms with Gasteiger partial charge in [0.2, 0.25) is 5.13 Å². The molecule has 0 bridgehead atoms. The number of rotatable bonds is 2. The highest BCUT2D eigenvalue weighted by molar-refractivity contribution is 7.15. The predicted molar refractivity (Wildman–Crippen MR) is 83.8 cm³/mol. The number of carbonyl (C=O) groups is 1. The molecule has 2 heterocycles. The summed E-state index contributed by atoms with van der Waals surface area (Å²) < 4.78 is 5.64. The summed E-state index contributed by atoms with van der Waals surface area (Å²) in [6.07, 6.45) is 1.64. The third-order valence-corrected chi connectivity index (χ3v) is 4.58. The van der Waals surface area contributed by atoms with E-state index in [1.807, 2.05) is 13.8 Å². The van der Waals surface area contributed by atoms with Crippen molar-refractivity contribution in [3.8, 4) is 0 Å². The Morgan fingerprint density at radius 3 is 2.67 bits per heavy atom. The van der Waals surface area contributed by atoms with Crippen molar-refractivity contribution in [2.45, 2.75) is 64.5 Å². The molecule has 1 aliphatic heterocycles. The van der Waals surface area contributed by atoms with Crippen LogP contribution in [-0.2, 0) is 10.2 Å². The Morgan fingerprint density at radius 2 is 2.10 bits per heavy atom. The van der Waals surface area contributed by atoms with Gasteiger partial charge >= 0.3 is 6.03 Å². The normalized spacial score (nSPS) is 21.9. The van der Waals surface area contributed by atoms with Crippen LogP contribution in [0, 0.1) is 0 Å². The lowest BCUT2D eigenvalue weighted by atomic mass is 9.94. The van der Waals surface area contributed by atoms with Crippen LogP contribution >= 0.6 is 11.3 Å². The van der Waals surface area contributed by atoms with Gasteiger partial charge in [-0.1, -0.05) is 32.1 Å².